The molecule has 0 spiro atoms. The van der Waals surface area contributed by atoms with Crippen LogP contribution < -0.4 is 9.47 Å². The zero-order valence-electron chi connectivity index (χ0n) is 23.2. The number of hydrogen-bond acceptors (Lipinski definition) is 6. The van der Waals surface area contributed by atoms with Crippen molar-refractivity contribution in [1.82, 2.24) is 9.80 Å². The van der Waals surface area contributed by atoms with Crippen LogP contribution in [0.5, 0.6) is 11.5 Å². The minimum atomic E-state index is -0.433. The molecule has 0 saturated carbocycles. The molecule has 0 bridgehead atoms. The van der Waals surface area contributed by atoms with Crippen molar-refractivity contribution in [1.29, 1.82) is 0 Å². The molecule has 2 amide bonds. The number of nitrogens with zero attached hydrogens (tertiary/aromatic N) is 2. The minimum Gasteiger partial charge on any atom is -0.497 e. The van der Waals surface area contributed by atoms with Gasteiger partial charge in [-0.05, 0) is 63.1 Å². The lowest BCUT2D eigenvalue weighted by Crippen LogP contribution is -2.29. The van der Waals surface area contributed by atoms with Crippen molar-refractivity contribution in [3.8, 4) is 11.5 Å². The molecule has 2 heterocycles. The van der Waals surface area contributed by atoms with Gasteiger partial charge in [0, 0.05) is 37.8 Å². The van der Waals surface area contributed by atoms with E-state index in [-0.39, 0.29) is 41.5 Å². The number of aliphatic hydroxyl groups excluding tert-OH is 1. The van der Waals surface area contributed by atoms with E-state index in [0.29, 0.717) is 25.9 Å². The fourth-order valence-corrected chi connectivity index (χ4v) is 4.96. The Bertz CT molecular complexity index is 1100. The highest BCUT2D eigenvalue weighted by Gasteiger charge is 2.36. The topological polar surface area (TPSA) is 96.4 Å². The zero-order chi connectivity index (χ0) is 28.0. The molecule has 2 fully saturated rings. The van der Waals surface area contributed by atoms with Crippen molar-refractivity contribution in [3.63, 3.8) is 0 Å². The summed E-state index contributed by atoms with van der Waals surface area (Å²) in [7, 11) is 3.26. The van der Waals surface area contributed by atoms with Crippen LogP contribution in [0.3, 0.4) is 0 Å². The Labute approximate surface area is 225 Å². The summed E-state index contributed by atoms with van der Waals surface area (Å²) in [5.74, 6) is 1.78. The fraction of sp³-hybridized carbons (Fsp3) is 0.500. The van der Waals surface area contributed by atoms with Crippen LogP contribution in [-0.4, -0.2) is 65.9 Å². The predicted molar refractivity (Wildman–Crippen MR) is 145 cm³/mol. The van der Waals surface area contributed by atoms with Crippen LogP contribution in [0.2, 0.25) is 0 Å². The molecule has 0 aliphatic carbocycles. The number of carbonyl (C=O) groups excluding carboxylic acids is 3. The molecule has 4 rings (SSSR count). The van der Waals surface area contributed by atoms with Gasteiger partial charge in [0.1, 0.15) is 17.3 Å². The van der Waals surface area contributed by atoms with Crippen LogP contribution in [0.25, 0.3) is 0 Å². The number of ether oxygens (including phenoxy) is 2. The maximum absolute atomic E-state index is 12.0. The maximum atomic E-state index is 12.0. The first-order chi connectivity index (χ1) is 18.0. The maximum Gasteiger partial charge on any atom is 0.223 e. The lowest BCUT2D eigenvalue weighted by molar-refractivity contribution is -0.130. The molecule has 8 heteroatoms. The Hall–Kier alpha value is -3.39. The van der Waals surface area contributed by atoms with E-state index in [1.807, 2.05) is 67.3 Å². The molecule has 2 saturated heterocycles. The van der Waals surface area contributed by atoms with Crippen molar-refractivity contribution < 1.29 is 29.0 Å². The third-order valence-corrected chi connectivity index (χ3v) is 7.74. The van der Waals surface area contributed by atoms with Gasteiger partial charge < -0.3 is 24.4 Å². The quantitative estimate of drug-likeness (QED) is 0.557. The standard InChI is InChI=1S/C15H21NO3.C15H19NO3/c2*1-10(12-4-6-14(19-3)7-5-12)16-9-13(11(2)17)8-15(16)18/h4-7,10-11,13,17H,8-9H2,1-3H3;4-7,10,13H,8-9H2,1-3H3/t10-,11+,13-;10-,13-/m11/s1. The average molecular weight is 525 g/mol. The van der Waals surface area contributed by atoms with Crippen LogP contribution in [0.4, 0.5) is 0 Å². The molecule has 8 nitrogen and oxygen atoms in total. The number of likely N-dealkylation sites (tertiary alicyclic amines) is 2. The minimum absolute atomic E-state index is 0.0113. The van der Waals surface area contributed by atoms with Crippen LogP contribution >= 0.6 is 0 Å². The second-order valence-corrected chi connectivity index (χ2v) is 10.2. The van der Waals surface area contributed by atoms with Gasteiger partial charge >= 0.3 is 0 Å². The van der Waals surface area contributed by atoms with Gasteiger partial charge in [-0.25, -0.2) is 0 Å². The van der Waals surface area contributed by atoms with Gasteiger partial charge in [0.25, 0.3) is 0 Å². The number of carbonyl (C=O) groups is 3. The van der Waals surface area contributed by atoms with Gasteiger partial charge in [-0.3, -0.25) is 14.4 Å². The van der Waals surface area contributed by atoms with E-state index in [4.69, 9.17) is 9.47 Å². The Morgan fingerprint density at radius 3 is 1.55 bits per heavy atom. The van der Waals surface area contributed by atoms with Crippen LogP contribution in [0.1, 0.15) is 63.7 Å². The van der Waals surface area contributed by atoms with E-state index in [0.717, 1.165) is 22.6 Å². The largest absolute Gasteiger partial charge is 0.497 e. The molecule has 38 heavy (non-hydrogen) atoms. The Morgan fingerprint density at radius 1 is 0.789 bits per heavy atom. The predicted octanol–water partition coefficient (Wildman–Crippen LogP) is 4.18. The smallest absolute Gasteiger partial charge is 0.223 e. The Kier molecular flexibility index (Phi) is 9.91. The highest BCUT2D eigenvalue weighted by molar-refractivity contribution is 5.89. The molecule has 2 aromatic rings. The summed E-state index contributed by atoms with van der Waals surface area (Å²) in [4.78, 5) is 39.0. The summed E-state index contributed by atoms with van der Waals surface area (Å²) < 4.78 is 10.2. The Morgan fingerprint density at radius 2 is 1.21 bits per heavy atom. The molecule has 1 N–H and O–H groups in total. The average Bonchev–Trinajstić information content (AvgIpc) is 3.51. The van der Waals surface area contributed by atoms with E-state index in [2.05, 4.69) is 0 Å². The third-order valence-electron chi connectivity index (χ3n) is 7.74. The highest BCUT2D eigenvalue weighted by atomic mass is 16.5. The SMILES string of the molecule is COc1ccc([C@@H](C)N2C[C@H](C(C)=O)CC2=O)cc1.COc1ccc([C@@H](C)N2C[C@H]([C@H](C)O)CC2=O)cc1. The monoisotopic (exact) mass is 524 g/mol. The van der Waals surface area contributed by atoms with E-state index in [9.17, 15) is 19.5 Å². The third kappa shape index (κ3) is 6.92. The molecule has 2 aliphatic heterocycles. The van der Waals surface area contributed by atoms with Crippen LogP contribution in [0.15, 0.2) is 48.5 Å². The summed E-state index contributed by atoms with van der Waals surface area (Å²) in [5.41, 5.74) is 2.14. The van der Waals surface area contributed by atoms with Crippen LogP contribution in [-0.2, 0) is 14.4 Å². The molecule has 5 atom stereocenters. The van der Waals surface area contributed by atoms with E-state index in [1.165, 1.54) is 0 Å². The molecule has 2 aromatic carbocycles. The summed E-state index contributed by atoms with van der Waals surface area (Å²) >= 11 is 0. The fourth-order valence-electron chi connectivity index (χ4n) is 4.96. The molecule has 0 aromatic heterocycles. The molecule has 206 valence electrons. The number of amides is 2. The van der Waals surface area contributed by atoms with Gasteiger partial charge in [0.05, 0.1) is 32.4 Å². The summed E-state index contributed by atoms with van der Waals surface area (Å²) in [6, 6.07) is 15.5. The number of aliphatic hydroxyl groups is 1. The van der Waals surface area contributed by atoms with Gasteiger partial charge in [-0.2, -0.15) is 0 Å². The Balaban J connectivity index is 0.000000211. The molecule has 0 radical (unpaired) electrons. The van der Waals surface area contributed by atoms with E-state index in [1.54, 1.807) is 33.0 Å². The lowest BCUT2D eigenvalue weighted by atomic mass is 10.0. The number of ketones is 1. The highest BCUT2D eigenvalue weighted by Crippen LogP contribution is 2.31. The molecular weight excluding hydrogens is 484 g/mol. The summed E-state index contributed by atoms with van der Waals surface area (Å²) in [6.07, 6.45) is 0.352. The first kappa shape index (κ1) is 29.2. The molecule has 0 unspecified atom stereocenters. The van der Waals surface area contributed by atoms with Crippen molar-refractivity contribution >= 4 is 17.6 Å². The summed E-state index contributed by atoms with van der Waals surface area (Å²) in [6.45, 7) is 8.47. The second-order valence-electron chi connectivity index (χ2n) is 10.2. The van der Waals surface area contributed by atoms with Gasteiger partial charge in [-0.15, -0.1) is 0 Å². The zero-order valence-corrected chi connectivity index (χ0v) is 23.2. The first-order valence-electron chi connectivity index (χ1n) is 13.1. The number of rotatable bonds is 8. The number of hydrogen-bond donors (Lipinski definition) is 1. The van der Waals surface area contributed by atoms with Gasteiger partial charge in [0.15, 0.2) is 0 Å². The second kappa shape index (κ2) is 12.9. The lowest BCUT2D eigenvalue weighted by Gasteiger charge is -2.25. The van der Waals surface area contributed by atoms with Gasteiger partial charge in [-0.1, -0.05) is 24.3 Å². The van der Waals surface area contributed by atoms with Crippen LogP contribution in [0, 0.1) is 11.8 Å². The van der Waals surface area contributed by atoms with Crippen molar-refractivity contribution in [2.24, 2.45) is 11.8 Å². The van der Waals surface area contributed by atoms with E-state index < -0.39 is 6.10 Å². The summed E-state index contributed by atoms with van der Waals surface area (Å²) in [5, 5.41) is 9.61. The normalized spacial score (nSPS) is 21.4. The van der Waals surface area contributed by atoms with E-state index >= 15 is 0 Å². The van der Waals surface area contributed by atoms with Crippen molar-refractivity contribution in [2.75, 3.05) is 27.3 Å². The number of benzene rings is 2. The van der Waals surface area contributed by atoms with Crippen molar-refractivity contribution in [3.05, 3.63) is 59.7 Å². The molecule has 2 aliphatic rings. The molecular formula is C30H40N2O6. The number of methoxy groups -OCH3 is 2. The first-order valence-corrected chi connectivity index (χ1v) is 13.1. The van der Waals surface area contributed by atoms with Gasteiger partial charge in [0.2, 0.25) is 11.8 Å². The number of Topliss-reactive ketones (excluding diaryl/α,β-unsaturated/α-hetero) is 1. The van der Waals surface area contributed by atoms with Crippen molar-refractivity contribution in [2.45, 2.75) is 58.7 Å².